The Balaban J connectivity index is 1.87. The van der Waals surface area contributed by atoms with E-state index in [0.717, 1.165) is 11.1 Å². The summed E-state index contributed by atoms with van der Waals surface area (Å²) in [6.07, 6.45) is 0. The van der Waals surface area contributed by atoms with E-state index >= 15 is 0 Å². The van der Waals surface area contributed by atoms with Gasteiger partial charge in [0.25, 0.3) is 0 Å². The van der Waals surface area contributed by atoms with Gasteiger partial charge in [-0.1, -0.05) is 24.3 Å². The Labute approximate surface area is 139 Å². The van der Waals surface area contributed by atoms with Crippen molar-refractivity contribution in [2.45, 2.75) is 24.4 Å². The Kier molecular flexibility index (Phi) is 5.53. The Hall–Kier alpha value is -2.45. The first-order valence-corrected chi connectivity index (χ1v) is 8.72. The fourth-order valence-corrected chi connectivity index (χ4v) is 2.58. The average Bonchev–Trinajstić information content (AvgIpc) is 2.53. The first-order valence-electron chi connectivity index (χ1n) is 7.17. The molecule has 2 aromatic rings. The van der Waals surface area contributed by atoms with Crippen LogP contribution in [0.2, 0.25) is 0 Å². The van der Waals surface area contributed by atoms with Gasteiger partial charge in [0, 0.05) is 6.54 Å². The molecule has 4 N–H and O–H groups in total. The van der Waals surface area contributed by atoms with E-state index in [1.807, 2.05) is 0 Å². The van der Waals surface area contributed by atoms with Crippen LogP contribution in [0.4, 0.5) is 9.18 Å². The number of nitrogens with one attached hydrogen (secondary N) is 2. The molecule has 0 aliphatic carbocycles. The number of hydrogen-bond acceptors (Lipinski definition) is 3. The van der Waals surface area contributed by atoms with Crippen LogP contribution in [0.15, 0.2) is 53.4 Å². The molecule has 0 bridgehead atoms. The molecule has 0 aliphatic rings. The summed E-state index contributed by atoms with van der Waals surface area (Å²) in [6, 6.07) is 11.1. The average molecular weight is 351 g/mol. The number of halogens is 1. The quantitative estimate of drug-likeness (QED) is 0.768. The Morgan fingerprint density at radius 1 is 1.12 bits per heavy atom. The monoisotopic (exact) mass is 351 g/mol. The van der Waals surface area contributed by atoms with Crippen molar-refractivity contribution in [1.82, 2.24) is 10.6 Å². The van der Waals surface area contributed by atoms with Gasteiger partial charge in [0.05, 0.1) is 10.9 Å². The lowest BCUT2D eigenvalue weighted by Crippen LogP contribution is -2.36. The highest BCUT2D eigenvalue weighted by atomic mass is 32.2. The second-order valence-corrected chi connectivity index (χ2v) is 6.85. The van der Waals surface area contributed by atoms with Crippen LogP contribution in [0, 0.1) is 5.82 Å². The molecule has 128 valence electrons. The molecule has 2 amide bonds. The molecular formula is C16H18FN3O3S. The standard InChI is InChI=1S/C16H18FN3O3S/c1-11(13-4-6-14(17)7-5-13)20-16(21)19-10-12-2-8-15(9-3-12)24(18,22)23/h2-9,11H,10H2,1H3,(H2,18,22,23)(H2,19,20,21). The minimum absolute atomic E-state index is 0.0145. The topological polar surface area (TPSA) is 101 Å². The van der Waals surface area contributed by atoms with Gasteiger partial charge in [0.1, 0.15) is 5.82 Å². The summed E-state index contributed by atoms with van der Waals surface area (Å²) in [5.74, 6) is -0.335. The minimum atomic E-state index is -3.73. The molecule has 0 aliphatic heterocycles. The summed E-state index contributed by atoms with van der Waals surface area (Å²) >= 11 is 0. The highest BCUT2D eigenvalue weighted by molar-refractivity contribution is 7.89. The minimum Gasteiger partial charge on any atom is -0.334 e. The lowest BCUT2D eigenvalue weighted by molar-refractivity contribution is 0.237. The molecule has 0 heterocycles. The molecule has 1 unspecified atom stereocenters. The van der Waals surface area contributed by atoms with Gasteiger partial charge in [-0.2, -0.15) is 0 Å². The first kappa shape index (κ1) is 17.9. The van der Waals surface area contributed by atoms with E-state index in [0.29, 0.717) is 0 Å². The van der Waals surface area contributed by atoms with Crippen LogP contribution in [-0.4, -0.2) is 14.4 Å². The van der Waals surface area contributed by atoms with E-state index in [1.54, 1.807) is 31.2 Å². The lowest BCUT2D eigenvalue weighted by atomic mass is 10.1. The molecule has 0 aromatic heterocycles. The van der Waals surface area contributed by atoms with Gasteiger partial charge in [0.15, 0.2) is 0 Å². The number of sulfonamides is 1. The zero-order valence-electron chi connectivity index (χ0n) is 13.0. The van der Waals surface area contributed by atoms with Gasteiger partial charge >= 0.3 is 6.03 Å². The summed E-state index contributed by atoms with van der Waals surface area (Å²) in [7, 11) is -3.73. The zero-order chi connectivity index (χ0) is 17.7. The number of carbonyl (C=O) groups is 1. The van der Waals surface area contributed by atoms with Gasteiger partial charge in [-0.05, 0) is 42.3 Å². The summed E-state index contributed by atoms with van der Waals surface area (Å²) in [5.41, 5.74) is 1.51. The normalized spacial score (nSPS) is 12.5. The number of nitrogens with two attached hydrogens (primary N) is 1. The summed E-state index contributed by atoms with van der Waals surface area (Å²) in [4.78, 5) is 11.9. The number of benzene rings is 2. The maximum atomic E-state index is 12.9. The number of carbonyl (C=O) groups excluding carboxylic acids is 1. The molecule has 0 fully saturated rings. The first-order chi connectivity index (χ1) is 11.3. The number of amides is 2. The molecule has 0 saturated carbocycles. The Bertz CT molecular complexity index is 805. The molecule has 2 aromatic carbocycles. The number of rotatable bonds is 5. The molecule has 2 rings (SSSR count). The van der Waals surface area contributed by atoms with Gasteiger partial charge < -0.3 is 10.6 Å². The summed E-state index contributed by atoms with van der Waals surface area (Å²) < 4.78 is 35.2. The van der Waals surface area contributed by atoms with Crippen LogP contribution in [0.25, 0.3) is 0 Å². The number of primary sulfonamides is 1. The maximum Gasteiger partial charge on any atom is 0.315 e. The summed E-state index contributed by atoms with van der Waals surface area (Å²) in [5, 5.41) is 10.4. The van der Waals surface area contributed by atoms with Crippen molar-refractivity contribution in [2.75, 3.05) is 0 Å². The van der Waals surface area contributed by atoms with Crippen LogP contribution >= 0.6 is 0 Å². The van der Waals surface area contributed by atoms with Crippen LogP contribution in [0.5, 0.6) is 0 Å². The Morgan fingerprint density at radius 3 is 2.25 bits per heavy atom. The molecule has 0 radical (unpaired) electrons. The third-order valence-electron chi connectivity index (χ3n) is 3.42. The molecule has 24 heavy (non-hydrogen) atoms. The fourth-order valence-electron chi connectivity index (χ4n) is 2.06. The molecule has 0 saturated heterocycles. The maximum absolute atomic E-state index is 12.9. The highest BCUT2D eigenvalue weighted by Gasteiger charge is 2.10. The lowest BCUT2D eigenvalue weighted by Gasteiger charge is -2.15. The van der Waals surface area contributed by atoms with E-state index in [9.17, 15) is 17.6 Å². The van der Waals surface area contributed by atoms with E-state index in [4.69, 9.17) is 5.14 Å². The van der Waals surface area contributed by atoms with E-state index < -0.39 is 10.0 Å². The number of urea groups is 1. The predicted molar refractivity (Wildman–Crippen MR) is 88.0 cm³/mol. The van der Waals surface area contributed by atoms with Crippen LogP contribution in [-0.2, 0) is 16.6 Å². The van der Waals surface area contributed by atoms with Crippen LogP contribution in [0.3, 0.4) is 0 Å². The molecule has 0 spiro atoms. The van der Waals surface area contributed by atoms with Crippen molar-refractivity contribution < 1.29 is 17.6 Å². The predicted octanol–water partition coefficient (Wildman–Crippen LogP) is 2.03. The van der Waals surface area contributed by atoms with Crippen molar-refractivity contribution in [1.29, 1.82) is 0 Å². The molecule has 8 heteroatoms. The Morgan fingerprint density at radius 2 is 1.71 bits per heavy atom. The van der Waals surface area contributed by atoms with Crippen molar-refractivity contribution in [3.8, 4) is 0 Å². The molecular weight excluding hydrogens is 333 g/mol. The fraction of sp³-hybridized carbons (Fsp3) is 0.188. The van der Waals surface area contributed by atoms with Gasteiger partial charge in [-0.3, -0.25) is 0 Å². The van der Waals surface area contributed by atoms with Gasteiger partial charge in [0.2, 0.25) is 10.0 Å². The van der Waals surface area contributed by atoms with E-state index in [-0.39, 0.29) is 29.3 Å². The number of hydrogen-bond donors (Lipinski definition) is 3. The smallest absolute Gasteiger partial charge is 0.315 e. The van der Waals surface area contributed by atoms with Crippen LogP contribution < -0.4 is 15.8 Å². The third-order valence-corrected chi connectivity index (χ3v) is 4.35. The van der Waals surface area contributed by atoms with Crippen molar-refractivity contribution >= 4 is 16.1 Å². The van der Waals surface area contributed by atoms with E-state index in [1.165, 1.54) is 24.3 Å². The third kappa shape index (κ3) is 5.04. The molecule has 6 nitrogen and oxygen atoms in total. The summed E-state index contributed by atoms with van der Waals surface area (Å²) in [6.45, 7) is 2.01. The van der Waals surface area contributed by atoms with Gasteiger partial charge in [-0.25, -0.2) is 22.7 Å². The largest absolute Gasteiger partial charge is 0.334 e. The molecule has 1 atom stereocenters. The SMILES string of the molecule is CC(NC(=O)NCc1ccc(S(N)(=O)=O)cc1)c1ccc(F)cc1. The van der Waals surface area contributed by atoms with Crippen molar-refractivity contribution in [3.63, 3.8) is 0 Å². The van der Waals surface area contributed by atoms with E-state index in [2.05, 4.69) is 10.6 Å². The zero-order valence-corrected chi connectivity index (χ0v) is 13.8. The second kappa shape index (κ2) is 7.41. The second-order valence-electron chi connectivity index (χ2n) is 5.29. The van der Waals surface area contributed by atoms with Crippen LogP contribution in [0.1, 0.15) is 24.1 Å². The van der Waals surface area contributed by atoms with Crippen molar-refractivity contribution in [3.05, 3.63) is 65.5 Å². The van der Waals surface area contributed by atoms with Gasteiger partial charge in [-0.15, -0.1) is 0 Å². The highest BCUT2D eigenvalue weighted by Crippen LogP contribution is 2.12. The van der Waals surface area contributed by atoms with Crippen molar-refractivity contribution in [2.24, 2.45) is 5.14 Å².